The van der Waals surface area contributed by atoms with Crippen LogP contribution in [0, 0.1) is 0 Å². The van der Waals surface area contributed by atoms with Crippen molar-refractivity contribution in [2.45, 2.75) is 85.5 Å². The van der Waals surface area contributed by atoms with Gasteiger partial charge in [0, 0.05) is 0 Å². The molecule has 0 atom stereocenters. The molecule has 0 rings (SSSR count). The van der Waals surface area contributed by atoms with Crippen LogP contribution < -0.4 is 0 Å². The van der Waals surface area contributed by atoms with Gasteiger partial charge in [0.15, 0.2) is 0 Å². The molecule has 136 valence electrons. The van der Waals surface area contributed by atoms with Gasteiger partial charge >= 0.3 is 0 Å². The molecule has 0 fully saturated rings. The molecule has 22 heavy (non-hydrogen) atoms. The fraction of sp³-hybridized carbons (Fsp3) is 1.00. The van der Waals surface area contributed by atoms with Gasteiger partial charge in [0.25, 0.3) is 0 Å². The highest BCUT2D eigenvalue weighted by Gasteiger charge is 2.24. The van der Waals surface area contributed by atoms with E-state index < -0.39 is 11.4 Å². The number of quaternary nitrogens is 1. The molecule has 0 saturated heterocycles. The second kappa shape index (κ2) is 17.4. The summed E-state index contributed by atoms with van der Waals surface area (Å²) in [4.78, 5) is 0. The van der Waals surface area contributed by atoms with E-state index in [1.807, 2.05) is 0 Å². The summed E-state index contributed by atoms with van der Waals surface area (Å²) in [5.74, 6) is 0. The maximum Gasteiger partial charge on any atom is 0.0786 e. The minimum absolute atomic E-state index is 1.35. The van der Waals surface area contributed by atoms with Crippen LogP contribution in [0.1, 0.15) is 85.5 Å². The van der Waals surface area contributed by atoms with Gasteiger partial charge in [0.2, 0.25) is 0 Å². The molecule has 0 radical (unpaired) electrons. The molecular weight excluding hydrogens is 298 g/mol. The highest BCUT2D eigenvalue weighted by atomic mass is 32.2. The van der Waals surface area contributed by atoms with E-state index in [0.717, 1.165) is 0 Å². The maximum absolute atomic E-state index is 8.44. The van der Waals surface area contributed by atoms with Crippen LogP contribution in [0.4, 0.5) is 0 Å². The first kappa shape index (κ1) is 24.3. The lowest BCUT2D eigenvalue weighted by Crippen LogP contribution is -2.50. The molecule has 0 saturated carbocycles. The summed E-state index contributed by atoms with van der Waals surface area (Å²) in [6, 6.07) is 0. The molecule has 0 unspecified atom stereocenters. The lowest BCUT2D eigenvalue weighted by molar-refractivity contribution is -0.929. The van der Waals surface area contributed by atoms with E-state index in [-0.39, 0.29) is 0 Å². The summed E-state index contributed by atoms with van der Waals surface area (Å²) >= 11 is -3.11. The molecule has 0 aromatic heterocycles. The van der Waals surface area contributed by atoms with Crippen LogP contribution in [-0.4, -0.2) is 44.0 Å². The number of rotatable bonds is 13. The van der Waals surface area contributed by atoms with Crippen molar-refractivity contribution >= 4 is 11.4 Å². The Labute approximate surface area is 141 Å². The van der Waals surface area contributed by atoms with Gasteiger partial charge in [-0.05, 0) is 32.1 Å². The Morgan fingerprint density at radius 1 is 0.636 bits per heavy atom. The molecule has 0 heterocycles. The number of hydrogen-bond donors (Lipinski definition) is 0. The highest BCUT2D eigenvalue weighted by molar-refractivity contribution is 7.72. The molecule has 0 aliphatic heterocycles. The summed E-state index contributed by atoms with van der Waals surface area (Å²) in [6.45, 7) is 15.0. The Hall–Kier alpha value is 0.0300. The van der Waals surface area contributed by atoms with E-state index in [1.54, 1.807) is 0 Å². The van der Waals surface area contributed by atoms with E-state index in [1.165, 1.54) is 88.4 Å². The highest BCUT2D eigenvalue weighted by Crippen LogP contribution is 2.16. The molecule has 0 N–H and O–H groups in total. The minimum Gasteiger partial charge on any atom is -0.784 e. The van der Waals surface area contributed by atoms with Crippen LogP contribution in [0.2, 0.25) is 0 Å². The predicted octanol–water partition coefficient (Wildman–Crippen LogP) is 4.39. The predicted molar refractivity (Wildman–Crippen MR) is 93.7 cm³/mol. The molecule has 0 bridgehead atoms. The van der Waals surface area contributed by atoms with Crippen molar-refractivity contribution in [2.75, 3.05) is 26.2 Å². The molecule has 4 nitrogen and oxygen atoms in total. The third kappa shape index (κ3) is 16.4. The van der Waals surface area contributed by atoms with Crippen molar-refractivity contribution in [3.8, 4) is 0 Å². The first-order valence-corrected chi connectivity index (χ1v) is 10.1. The van der Waals surface area contributed by atoms with Gasteiger partial charge in [-0.3, -0.25) is 4.21 Å². The Morgan fingerprint density at radius 2 is 0.909 bits per heavy atom. The number of nitrogens with zero attached hydrogens (tertiary/aromatic N) is 1. The smallest absolute Gasteiger partial charge is 0.0786 e. The molecule has 5 heteroatoms. The SMILES string of the molecule is CCCCC[N+](CCCC)(CCCC)CCCC.O=S([O-])[O-]. The Morgan fingerprint density at radius 3 is 1.18 bits per heavy atom. The molecule has 0 aromatic rings. The van der Waals surface area contributed by atoms with Crippen molar-refractivity contribution in [1.29, 1.82) is 0 Å². The van der Waals surface area contributed by atoms with Crippen LogP contribution >= 0.6 is 0 Å². The van der Waals surface area contributed by atoms with Gasteiger partial charge in [0.1, 0.15) is 0 Å². The quantitative estimate of drug-likeness (QED) is 0.285. The van der Waals surface area contributed by atoms with E-state index in [9.17, 15) is 0 Å². The zero-order valence-electron chi connectivity index (χ0n) is 15.3. The van der Waals surface area contributed by atoms with E-state index in [4.69, 9.17) is 13.3 Å². The monoisotopic (exact) mass is 336 g/mol. The molecule has 0 aliphatic carbocycles. The Bertz CT molecular complexity index is 224. The van der Waals surface area contributed by atoms with Crippen LogP contribution in [0.15, 0.2) is 0 Å². The second-order valence-electron chi connectivity index (χ2n) is 6.21. The maximum atomic E-state index is 8.44. The Balaban J connectivity index is 0. The van der Waals surface area contributed by atoms with Gasteiger partial charge in [-0.1, -0.05) is 53.4 Å². The van der Waals surface area contributed by atoms with E-state index in [2.05, 4.69) is 27.7 Å². The van der Waals surface area contributed by atoms with Crippen molar-refractivity contribution in [3.05, 3.63) is 0 Å². The van der Waals surface area contributed by atoms with Crippen molar-refractivity contribution in [3.63, 3.8) is 0 Å². The standard InChI is InChI=1S/C17H38N.H2O3S/c1-5-9-13-17-18(14-10-6-2,15-11-7-3)16-12-8-4;1-4(2)3/h5-17H2,1-4H3;(H2,1,2,3)/q+1;/p-2. The normalized spacial score (nSPS) is 11.4. The average molecular weight is 337 g/mol. The summed E-state index contributed by atoms with van der Waals surface area (Å²) in [5, 5.41) is 0. The van der Waals surface area contributed by atoms with Gasteiger partial charge < -0.3 is 13.6 Å². The summed E-state index contributed by atoms with van der Waals surface area (Å²) in [5.41, 5.74) is 0. The van der Waals surface area contributed by atoms with Crippen molar-refractivity contribution in [1.82, 2.24) is 0 Å². The molecule has 0 amide bonds. The average Bonchev–Trinajstić information content (AvgIpc) is 2.48. The lowest BCUT2D eigenvalue weighted by atomic mass is 10.1. The van der Waals surface area contributed by atoms with Gasteiger partial charge in [-0.15, -0.1) is 11.4 Å². The summed E-state index contributed by atoms with van der Waals surface area (Å²) in [6.07, 6.45) is 12.5. The lowest BCUT2D eigenvalue weighted by Gasteiger charge is -2.39. The van der Waals surface area contributed by atoms with E-state index in [0.29, 0.717) is 0 Å². The topological polar surface area (TPSA) is 63.2 Å². The first-order valence-electron chi connectivity index (χ1n) is 9.09. The fourth-order valence-corrected chi connectivity index (χ4v) is 2.85. The van der Waals surface area contributed by atoms with E-state index >= 15 is 0 Å². The van der Waals surface area contributed by atoms with Crippen LogP contribution in [0.5, 0.6) is 0 Å². The third-order valence-electron chi connectivity index (χ3n) is 4.19. The van der Waals surface area contributed by atoms with Crippen LogP contribution in [0.3, 0.4) is 0 Å². The molecular formula is C17H38NO3S-. The third-order valence-corrected chi connectivity index (χ3v) is 4.19. The van der Waals surface area contributed by atoms with Crippen LogP contribution in [0.25, 0.3) is 0 Å². The molecule has 0 aromatic carbocycles. The molecule has 0 spiro atoms. The zero-order valence-corrected chi connectivity index (χ0v) is 16.1. The van der Waals surface area contributed by atoms with Crippen LogP contribution in [-0.2, 0) is 11.4 Å². The van der Waals surface area contributed by atoms with Crippen molar-refractivity contribution in [2.24, 2.45) is 0 Å². The fourth-order valence-electron chi connectivity index (χ4n) is 2.85. The molecule has 0 aliphatic rings. The van der Waals surface area contributed by atoms with Gasteiger partial charge in [-0.2, -0.15) is 0 Å². The second-order valence-corrected chi connectivity index (χ2v) is 6.62. The number of hydrogen-bond acceptors (Lipinski definition) is 3. The van der Waals surface area contributed by atoms with Gasteiger partial charge in [-0.25, -0.2) is 0 Å². The van der Waals surface area contributed by atoms with Crippen molar-refractivity contribution < 1.29 is 17.8 Å². The Kier molecular flexibility index (Phi) is 19.2. The minimum atomic E-state index is -3.11. The largest absolute Gasteiger partial charge is 0.784 e. The number of unbranched alkanes of at least 4 members (excludes halogenated alkanes) is 5. The summed E-state index contributed by atoms with van der Waals surface area (Å²) < 4.78 is 26.8. The zero-order chi connectivity index (χ0) is 17.3. The first-order chi connectivity index (χ1) is 10.5. The van der Waals surface area contributed by atoms with Gasteiger partial charge in [0.05, 0.1) is 26.2 Å². The summed E-state index contributed by atoms with van der Waals surface area (Å²) in [7, 11) is 0.